The van der Waals surface area contributed by atoms with E-state index in [4.69, 9.17) is 4.99 Å². The Bertz CT molecular complexity index is 671. The van der Waals surface area contributed by atoms with E-state index >= 15 is 0 Å². The first-order valence-corrected chi connectivity index (χ1v) is 10.7. The van der Waals surface area contributed by atoms with Crippen molar-refractivity contribution in [3.8, 4) is 0 Å². The molecule has 0 aromatic heterocycles. The fourth-order valence-corrected chi connectivity index (χ4v) is 3.94. The van der Waals surface area contributed by atoms with Gasteiger partial charge in [-0.1, -0.05) is 0 Å². The smallest absolute Gasteiger partial charge is 0.194 e. The van der Waals surface area contributed by atoms with Gasteiger partial charge >= 0.3 is 0 Å². The van der Waals surface area contributed by atoms with Crippen LogP contribution in [0.3, 0.4) is 0 Å². The summed E-state index contributed by atoms with van der Waals surface area (Å²) in [5.41, 5.74) is 0.332. The van der Waals surface area contributed by atoms with Gasteiger partial charge in [-0.05, 0) is 44.9 Å². The summed E-state index contributed by atoms with van der Waals surface area (Å²) in [5.74, 6) is 0.0912. The fraction of sp³-hybridized carbons (Fsp3) is 0.667. The van der Waals surface area contributed by atoms with E-state index in [1.807, 2.05) is 11.8 Å². The molecule has 0 amide bonds. The zero-order valence-electron chi connectivity index (χ0n) is 17.3. The van der Waals surface area contributed by atoms with Crippen LogP contribution in [0.2, 0.25) is 0 Å². The topological polar surface area (TPSA) is 54.3 Å². The molecule has 29 heavy (non-hydrogen) atoms. The Hall–Kier alpha value is -1.93. The number of rotatable bonds is 6. The summed E-state index contributed by atoms with van der Waals surface area (Å²) < 4.78 is 27.5. The first-order valence-electron chi connectivity index (χ1n) is 10.7. The molecule has 2 aliphatic rings. The molecule has 0 unspecified atom stereocenters. The molecule has 3 rings (SSSR count). The molecule has 0 radical (unpaired) electrons. The number of likely N-dealkylation sites (tertiary alicyclic amines) is 1. The molecule has 2 saturated heterocycles. The highest BCUT2D eigenvalue weighted by atomic mass is 19.1. The van der Waals surface area contributed by atoms with Gasteiger partial charge in [0, 0.05) is 58.4 Å². The van der Waals surface area contributed by atoms with Gasteiger partial charge in [-0.2, -0.15) is 0 Å². The molecular formula is C21H33F2N5O. The minimum Gasteiger partial charge on any atom is -0.393 e. The molecule has 2 heterocycles. The van der Waals surface area contributed by atoms with E-state index < -0.39 is 5.82 Å². The lowest BCUT2D eigenvalue weighted by Gasteiger charge is -2.37. The van der Waals surface area contributed by atoms with Crippen LogP contribution in [-0.4, -0.2) is 85.9 Å². The van der Waals surface area contributed by atoms with Crippen molar-refractivity contribution >= 4 is 11.6 Å². The molecule has 0 atom stereocenters. The van der Waals surface area contributed by atoms with Crippen molar-refractivity contribution in [3.63, 3.8) is 0 Å². The highest BCUT2D eigenvalue weighted by Crippen LogP contribution is 2.22. The third-order valence-electron chi connectivity index (χ3n) is 5.61. The standard InChI is InChI=1S/C21H33F2N5O/c1-2-24-21(25-8-3-9-26-10-6-18(29)7-11-26)28-14-12-27(13-15-28)20-16-17(22)4-5-19(20)23/h4-5,16,18,29H,2-3,6-15H2,1H3,(H,24,25). The lowest BCUT2D eigenvalue weighted by molar-refractivity contribution is 0.0824. The number of hydrogen-bond donors (Lipinski definition) is 2. The van der Waals surface area contributed by atoms with E-state index in [0.717, 1.165) is 64.0 Å². The lowest BCUT2D eigenvalue weighted by Crippen LogP contribution is -2.52. The molecule has 162 valence electrons. The Morgan fingerprint density at radius 1 is 1.14 bits per heavy atom. The van der Waals surface area contributed by atoms with Crippen molar-refractivity contribution in [2.75, 3.05) is 63.8 Å². The van der Waals surface area contributed by atoms with E-state index in [2.05, 4.69) is 15.1 Å². The highest BCUT2D eigenvalue weighted by molar-refractivity contribution is 5.80. The third-order valence-corrected chi connectivity index (χ3v) is 5.61. The van der Waals surface area contributed by atoms with Crippen LogP contribution < -0.4 is 10.2 Å². The molecule has 2 N–H and O–H groups in total. The van der Waals surface area contributed by atoms with Crippen molar-refractivity contribution in [1.29, 1.82) is 0 Å². The summed E-state index contributed by atoms with van der Waals surface area (Å²) in [6, 6.07) is 3.60. The Morgan fingerprint density at radius 2 is 1.86 bits per heavy atom. The number of aliphatic hydroxyl groups is 1. The van der Waals surface area contributed by atoms with Gasteiger partial charge < -0.3 is 25.1 Å². The summed E-state index contributed by atoms with van der Waals surface area (Å²) in [5, 5.41) is 12.9. The second-order valence-electron chi connectivity index (χ2n) is 7.73. The predicted molar refractivity (Wildman–Crippen MR) is 112 cm³/mol. The number of hydrogen-bond acceptors (Lipinski definition) is 4. The fourth-order valence-electron chi connectivity index (χ4n) is 3.94. The van der Waals surface area contributed by atoms with E-state index in [1.165, 1.54) is 12.1 Å². The zero-order valence-corrected chi connectivity index (χ0v) is 17.3. The van der Waals surface area contributed by atoms with Crippen molar-refractivity contribution < 1.29 is 13.9 Å². The summed E-state index contributed by atoms with van der Waals surface area (Å²) in [6.45, 7) is 9.20. The number of anilines is 1. The Labute approximate surface area is 172 Å². The van der Waals surface area contributed by atoms with Gasteiger partial charge in [0.1, 0.15) is 11.6 Å². The molecule has 2 aliphatic heterocycles. The largest absolute Gasteiger partial charge is 0.393 e. The molecule has 8 heteroatoms. The SMILES string of the molecule is CCNC(=NCCCN1CCC(O)CC1)N1CCN(c2cc(F)ccc2F)CC1. The molecule has 0 bridgehead atoms. The quantitative estimate of drug-likeness (QED) is 0.427. The number of aliphatic hydroxyl groups excluding tert-OH is 1. The van der Waals surface area contributed by atoms with E-state index in [0.29, 0.717) is 31.9 Å². The maximum absolute atomic E-state index is 14.0. The minimum atomic E-state index is -0.415. The number of aliphatic imine (C=N–C) groups is 1. The zero-order chi connectivity index (χ0) is 20.6. The minimum absolute atomic E-state index is 0.135. The van der Waals surface area contributed by atoms with Crippen LogP contribution in [0.15, 0.2) is 23.2 Å². The molecule has 1 aromatic rings. The van der Waals surface area contributed by atoms with Crippen LogP contribution >= 0.6 is 0 Å². The molecule has 0 saturated carbocycles. The summed E-state index contributed by atoms with van der Waals surface area (Å²) in [6.07, 6.45) is 2.58. The van der Waals surface area contributed by atoms with E-state index in [9.17, 15) is 13.9 Å². The molecule has 0 aliphatic carbocycles. The Balaban J connectivity index is 1.48. The van der Waals surface area contributed by atoms with Gasteiger partial charge in [0.2, 0.25) is 0 Å². The van der Waals surface area contributed by atoms with Crippen molar-refractivity contribution in [2.24, 2.45) is 4.99 Å². The average Bonchev–Trinajstić information content (AvgIpc) is 2.73. The summed E-state index contributed by atoms with van der Waals surface area (Å²) in [7, 11) is 0. The number of nitrogens with one attached hydrogen (secondary N) is 1. The summed E-state index contributed by atoms with van der Waals surface area (Å²) >= 11 is 0. The van der Waals surface area contributed by atoms with Gasteiger partial charge in [0.25, 0.3) is 0 Å². The molecule has 0 spiro atoms. The van der Waals surface area contributed by atoms with Crippen LogP contribution in [0.25, 0.3) is 0 Å². The normalized spacial score (nSPS) is 19.7. The molecule has 2 fully saturated rings. The Kier molecular flexibility index (Phi) is 8.06. The second kappa shape index (κ2) is 10.7. The van der Waals surface area contributed by atoms with Crippen LogP contribution in [0.4, 0.5) is 14.5 Å². The number of piperazine rings is 1. The van der Waals surface area contributed by atoms with E-state index in [-0.39, 0.29) is 11.9 Å². The second-order valence-corrected chi connectivity index (χ2v) is 7.73. The Morgan fingerprint density at radius 3 is 2.55 bits per heavy atom. The van der Waals surface area contributed by atoms with Crippen LogP contribution in [0, 0.1) is 11.6 Å². The van der Waals surface area contributed by atoms with Crippen molar-refractivity contribution in [1.82, 2.24) is 15.1 Å². The maximum Gasteiger partial charge on any atom is 0.194 e. The van der Waals surface area contributed by atoms with Crippen molar-refractivity contribution in [2.45, 2.75) is 32.3 Å². The number of benzene rings is 1. The van der Waals surface area contributed by atoms with Gasteiger partial charge in [0.15, 0.2) is 5.96 Å². The van der Waals surface area contributed by atoms with Crippen LogP contribution in [0.5, 0.6) is 0 Å². The molecule has 6 nitrogen and oxygen atoms in total. The number of piperidine rings is 1. The van der Waals surface area contributed by atoms with Gasteiger partial charge in [-0.3, -0.25) is 4.99 Å². The van der Waals surface area contributed by atoms with Gasteiger partial charge in [-0.25, -0.2) is 8.78 Å². The van der Waals surface area contributed by atoms with Crippen LogP contribution in [-0.2, 0) is 0 Å². The molecular weight excluding hydrogens is 376 g/mol. The molecule has 1 aromatic carbocycles. The van der Waals surface area contributed by atoms with E-state index in [1.54, 1.807) is 0 Å². The lowest BCUT2D eigenvalue weighted by atomic mass is 10.1. The highest BCUT2D eigenvalue weighted by Gasteiger charge is 2.22. The monoisotopic (exact) mass is 409 g/mol. The first kappa shape index (κ1) is 21.8. The van der Waals surface area contributed by atoms with Gasteiger partial charge in [0.05, 0.1) is 11.8 Å². The predicted octanol–water partition coefficient (Wildman–Crippen LogP) is 1.90. The summed E-state index contributed by atoms with van der Waals surface area (Å²) in [4.78, 5) is 11.2. The number of halogens is 2. The maximum atomic E-state index is 14.0. The third kappa shape index (κ3) is 6.27. The number of guanidine groups is 1. The van der Waals surface area contributed by atoms with Gasteiger partial charge in [-0.15, -0.1) is 0 Å². The average molecular weight is 410 g/mol. The van der Waals surface area contributed by atoms with Crippen LogP contribution in [0.1, 0.15) is 26.2 Å². The number of nitrogens with zero attached hydrogens (tertiary/aromatic N) is 4. The first-order chi connectivity index (χ1) is 14.1. The van der Waals surface area contributed by atoms with Crippen molar-refractivity contribution in [3.05, 3.63) is 29.8 Å².